The molecule has 0 atom stereocenters. The SMILES string of the molecule is CCCN(C(=O)c1ccc(Cl)cc1)c1c(C)n(C)n(-c2ccccc2)c1=O. The Morgan fingerprint density at radius 2 is 1.70 bits per heavy atom. The van der Waals surface area contributed by atoms with Crippen molar-refractivity contribution in [3.05, 3.63) is 81.2 Å². The number of anilines is 1. The van der Waals surface area contributed by atoms with E-state index in [1.54, 1.807) is 38.5 Å². The molecule has 2 aromatic carbocycles. The largest absolute Gasteiger partial charge is 0.302 e. The molecule has 0 aliphatic carbocycles. The van der Waals surface area contributed by atoms with Crippen LogP contribution < -0.4 is 10.5 Å². The highest BCUT2D eigenvalue weighted by Gasteiger charge is 2.26. The van der Waals surface area contributed by atoms with Gasteiger partial charge in [-0.1, -0.05) is 36.7 Å². The van der Waals surface area contributed by atoms with Gasteiger partial charge < -0.3 is 4.90 Å². The summed E-state index contributed by atoms with van der Waals surface area (Å²) in [6, 6.07) is 16.1. The van der Waals surface area contributed by atoms with E-state index in [4.69, 9.17) is 11.6 Å². The van der Waals surface area contributed by atoms with E-state index in [0.717, 1.165) is 17.8 Å². The van der Waals surface area contributed by atoms with Crippen LogP contribution in [0.3, 0.4) is 0 Å². The summed E-state index contributed by atoms with van der Waals surface area (Å²) in [4.78, 5) is 27.9. The van der Waals surface area contributed by atoms with Crippen LogP contribution in [0.5, 0.6) is 0 Å². The molecule has 0 saturated heterocycles. The molecule has 3 rings (SSSR count). The molecule has 0 spiro atoms. The van der Waals surface area contributed by atoms with E-state index in [9.17, 15) is 9.59 Å². The van der Waals surface area contributed by atoms with Gasteiger partial charge >= 0.3 is 0 Å². The zero-order valence-electron chi connectivity index (χ0n) is 15.6. The van der Waals surface area contributed by atoms with Crippen LogP contribution in [0.25, 0.3) is 5.69 Å². The number of benzene rings is 2. The maximum Gasteiger partial charge on any atom is 0.295 e. The van der Waals surface area contributed by atoms with E-state index in [0.29, 0.717) is 22.8 Å². The zero-order valence-corrected chi connectivity index (χ0v) is 16.4. The minimum atomic E-state index is -0.211. The van der Waals surface area contributed by atoms with Crippen LogP contribution in [0, 0.1) is 6.92 Å². The predicted octanol–water partition coefficient (Wildman–Crippen LogP) is 4.19. The molecule has 0 fully saturated rings. The van der Waals surface area contributed by atoms with Gasteiger partial charge in [-0.3, -0.25) is 14.3 Å². The molecule has 0 bridgehead atoms. The van der Waals surface area contributed by atoms with Crippen molar-refractivity contribution in [3.8, 4) is 5.69 Å². The van der Waals surface area contributed by atoms with E-state index in [1.807, 2.05) is 51.2 Å². The van der Waals surface area contributed by atoms with Crippen LogP contribution in [-0.2, 0) is 7.05 Å². The molecule has 27 heavy (non-hydrogen) atoms. The molecule has 140 valence electrons. The Morgan fingerprint density at radius 1 is 1.07 bits per heavy atom. The third-order valence-electron chi connectivity index (χ3n) is 4.58. The Bertz CT molecular complexity index is 1000. The number of aromatic nitrogens is 2. The van der Waals surface area contributed by atoms with Gasteiger partial charge in [-0.2, -0.15) is 0 Å². The smallest absolute Gasteiger partial charge is 0.295 e. The summed E-state index contributed by atoms with van der Waals surface area (Å²) < 4.78 is 3.37. The Morgan fingerprint density at radius 3 is 2.30 bits per heavy atom. The van der Waals surface area contributed by atoms with Crippen molar-refractivity contribution in [2.75, 3.05) is 11.4 Å². The molecule has 0 saturated carbocycles. The molecule has 0 aliphatic heterocycles. The lowest BCUT2D eigenvalue weighted by molar-refractivity contribution is 0.0986. The van der Waals surface area contributed by atoms with Crippen molar-refractivity contribution in [1.82, 2.24) is 9.36 Å². The number of rotatable bonds is 5. The molecule has 6 heteroatoms. The number of hydrogen-bond donors (Lipinski definition) is 0. The quantitative estimate of drug-likeness (QED) is 0.663. The van der Waals surface area contributed by atoms with E-state index in [2.05, 4.69) is 0 Å². The third-order valence-corrected chi connectivity index (χ3v) is 4.83. The van der Waals surface area contributed by atoms with Gasteiger partial charge in [0.2, 0.25) is 0 Å². The minimum Gasteiger partial charge on any atom is -0.302 e. The van der Waals surface area contributed by atoms with E-state index in [1.165, 1.54) is 0 Å². The predicted molar refractivity (Wildman–Crippen MR) is 109 cm³/mol. The van der Waals surface area contributed by atoms with Crippen LogP contribution >= 0.6 is 11.6 Å². The second kappa shape index (κ2) is 7.84. The van der Waals surface area contributed by atoms with E-state index < -0.39 is 0 Å². The fourth-order valence-electron chi connectivity index (χ4n) is 3.15. The number of carbonyl (C=O) groups excluding carboxylic acids is 1. The van der Waals surface area contributed by atoms with Crippen LogP contribution in [0.15, 0.2) is 59.4 Å². The van der Waals surface area contributed by atoms with Crippen molar-refractivity contribution in [3.63, 3.8) is 0 Å². The van der Waals surface area contributed by atoms with E-state index in [-0.39, 0.29) is 11.5 Å². The minimum absolute atomic E-state index is 0.209. The van der Waals surface area contributed by atoms with Crippen molar-refractivity contribution in [1.29, 1.82) is 0 Å². The molecule has 3 aromatic rings. The van der Waals surface area contributed by atoms with Crippen molar-refractivity contribution in [2.24, 2.45) is 7.05 Å². The fraction of sp³-hybridized carbons (Fsp3) is 0.238. The molecule has 0 radical (unpaired) electrons. The Balaban J connectivity index is 2.13. The lowest BCUT2D eigenvalue weighted by atomic mass is 10.1. The fourth-order valence-corrected chi connectivity index (χ4v) is 3.28. The molecule has 5 nitrogen and oxygen atoms in total. The highest BCUT2D eigenvalue weighted by molar-refractivity contribution is 6.30. The van der Waals surface area contributed by atoms with Gasteiger partial charge in [-0.05, 0) is 49.7 Å². The summed E-state index contributed by atoms with van der Waals surface area (Å²) in [5.41, 5.74) is 2.19. The van der Waals surface area contributed by atoms with Crippen LogP contribution in [-0.4, -0.2) is 21.8 Å². The normalized spacial score (nSPS) is 10.8. The van der Waals surface area contributed by atoms with Crippen LogP contribution in [0.2, 0.25) is 5.02 Å². The first kappa shape index (κ1) is 19.0. The zero-order chi connectivity index (χ0) is 19.6. The number of para-hydroxylation sites is 1. The number of hydrogen-bond acceptors (Lipinski definition) is 2. The van der Waals surface area contributed by atoms with Crippen LogP contribution in [0.1, 0.15) is 29.4 Å². The molecule has 1 aromatic heterocycles. The lowest BCUT2D eigenvalue weighted by Crippen LogP contribution is -2.36. The Labute approximate surface area is 163 Å². The van der Waals surface area contributed by atoms with Crippen LogP contribution in [0.4, 0.5) is 5.69 Å². The van der Waals surface area contributed by atoms with Crippen molar-refractivity contribution >= 4 is 23.2 Å². The van der Waals surface area contributed by atoms with Gasteiger partial charge in [-0.25, -0.2) is 4.68 Å². The van der Waals surface area contributed by atoms with Gasteiger partial charge in [-0.15, -0.1) is 0 Å². The second-order valence-corrected chi connectivity index (χ2v) is 6.81. The van der Waals surface area contributed by atoms with E-state index >= 15 is 0 Å². The molecule has 0 unspecified atom stereocenters. The highest BCUT2D eigenvalue weighted by Crippen LogP contribution is 2.21. The monoisotopic (exact) mass is 383 g/mol. The maximum absolute atomic E-state index is 13.2. The van der Waals surface area contributed by atoms with Gasteiger partial charge in [0.25, 0.3) is 11.5 Å². The number of halogens is 1. The Kier molecular flexibility index (Phi) is 5.51. The first-order valence-electron chi connectivity index (χ1n) is 8.87. The number of carbonyl (C=O) groups is 1. The summed E-state index contributed by atoms with van der Waals surface area (Å²) in [7, 11) is 1.82. The van der Waals surface area contributed by atoms with Gasteiger partial charge in [0, 0.05) is 24.2 Å². The van der Waals surface area contributed by atoms with Crippen molar-refractivity contribution < 1.29 is 4.79 Å². The third kappa shape index (κ3) is 3.55. The standard InChI is InChI=1S/C21H22ClN3O2/c1-4-14-24(20(26)16-10-12-17(22)13-11-16)19-15(2)23(3)25(21(19)27)18-8-6-5-7-9-18/h5-13H,4,14H2,1-3H3. The molecular formula is C21H22ClN3O2. The average Bonchev–Trinajstić information content (AvgIpc) is 2.89. The molecule has 1 heterocycles. The first-order valence-corrected chi connectivity index (χ1v) is 9.25. The highest BCUT2D eigenvalue weighted by atomic mass is 35.5. The lowest BCUT2D eigenvalue weighted by Gasteiger charge is -2.21. The topological polar surface area (TPSA) is 47.2 Å². The summed E-state index contributed by atoms with van der Waals surface area (Å²) in [5, 5.41) is 0.566. The summed E-state index contributed by atoms with van der Waals surface area (Å²) in [5.74, 6) is -0.209. The van der Waals surface area contributed by atoms with Gasteiger partial charge in [0.1, 0.15) is 5.69 Å². The molecular weight excluding hydrogens is 362 g/mol. The summed E-state index contributed by atoms with van der Waals surface area (Å²) in [6.45, 7) is 4.29. The average molecular weight is 384 g/mol. The number of amides is 1. The molecule has 0 aliphatic rings. The first-order chi connectivity index (χ1) is 13.0. The second-order valence-electron chi connectivity index (χ2n) is 6.37. The van der Waals surface area contributed by atoms with Gasteiger partial charge in [0.15, 0.2) is 0 Å². The summed E-state index contributed by atoms with van der Waals surface area (Å²) in [6.07, 6.45) is 0.735. The number of nitrogens with zero attached hydrogens (tertiary/aromatic N) is 3. The van der Waals surface area contributed by atoms with Gasteiger partial charge in [0.05, 0.1) is 11.4 Å². The molecule has 1 amide bonds. The van der Waals surface area contributed by atoms with Crippen molar-refractivity contribution in [2.45, 2.75) is 20.3 Å². The maximum atomic E-state index is 13.2. The summed E-state index contributed by atoms with van der Waals surface area (Å²) >= 11 is 5.93. The molecule has 0 N–H and O–H groups in total. The Hall–Kier alpha value is -2.79.